The van der Waals surface area contributed by atoms with Crippen molar-refractivity contribution in [2.75, 3.05) is 13.6 Å². The van der Waals surface area contributed by atoms with E-state index in [1.165, 1.54) is 77.2 Å². The number of rotatable bonds is 5. The van der Waals surface area contributed by atoms with Gasteiger partial charge in [-0.05, 0) is 107 Å². The Bertz CT molecular complexity index is 2660. The second kappa shape index (κ2) is 12.0. The van der Waals surface area contributed by atoms with E-state index in [9.17, 15) is 0 Å². The summed E-state index contributed by atoms with van der Waals surface area (Å²) in [7, 11) is 2.16. The molecule has 2 aromatic heterocycles. The average molecular weight is 644 g/mol. The van der Waals surface area contributed by atoms with Crippen molar-refractivity contribution in [1.29, 1.82) is 0 Å². The number of allylic oxidation sites excluding steroid dienone is 2. The van der Waals surface area contributed by atoms with Crippen LogP contribution in [0.25, 0.3) is 77.5 Å². The van der Waals surface area contributed by atoms with Gasteiger partial charge in [-0.3, -0.25) is 4.98 Å². The van der Waals surface area contributed by atoms with Gasteiger partial charge in [0.25, 0.3) is 0 Å². The van der Waals surface area contributed by atoms with Crippen molar-refractivity contribution in [1.82, 2.24) is 14.5 Å². The second-order valence-corrected chi connectivity index (χ2v) is 13.5. The minimum absolute atomic E-state index is 0.933. The summed E-state index contributed by atoms with van der Waals surface area (Å²) in [5, 5.41) is 4.97. The van der Waals surface area contributed by atoms with Crippen LogP contribution in [0, 0.1) is 6.92 Å². The fourth-order valence-electron chi connectivity index (χ4n) is 7.52. The Balaban J connectivity index is 1.20. The first-order valence-electron chi connectivity index (χ1n) is 17.3. The molecule has 9 rings (SSSR count). The molecule has 3 heteroatoms. The van der Waals surface area contributed by atoms with Crippen LogP contribution in [0.3, 0.4) is 0 Å². The van der Waals surface area contributed by atoms with Crippen LogP contribution in [-0.4, -0.2) is 28.0 Å². The maximum Gasteiger partial charge on any atom is 0.0704 e. The van der Waals surface area contributed by atoms with Gasteiger partial charge in [-0.1, -0.05) is 103 Å². The minimum Gasteiger partial charge on any atom is -0.370 e. The Labute approximate surface area is 293 Å². The lowest BCUT2D eigenvalue weighted by Crippen LogP contribution is -2.19. The smallest absolute Gasteiger partial charge is 0.0704 e. The van der Waals surface area contributed by atoms with E-state index in [4.69, 9.17) is 0 Å². The number of nitrogens with zero attached hydrogens (tertiary/aromatic N) is 3. The van der Waals surface area contributed by atoms with Crippen LogP contribution < -0.4 is 0 Å². The minimum atomic E-state index is 0.933. The molecule has 6 aromatic carbocycles. The normalized spacial score (nSPS) is 13.2. The van der Waals surface area contributed by atoms with Crippen molar-refractivity contribution in [3.63, 3.8) is 0 Å². The van der Waals surface area contributed by atoms with Gasteiger partial charge in [0.1, 0.15) is 0 Å². The summed E-state index contributed by atoms with van der Waals surface area (Å²) in [6.45, 7) is 5.22. The molecule has 0 spiro atoms. The molecule has 0 aliphatic carbocycles. The van der Waals surface area contributed by atoms with Crippen molar-refractivity contribution in [2.24, 2.45) is 0 Å². The molecular weight excluding hydrogens is 607 g/mol. The van der Waals surface area contributed by atoms with Gasteiger partial charge in [-0.15, -0.1) is 0 Å². The highest BCUT2D eigenvalue weighted by Gasteiger charge is 2.17. The van der Waals surface area contributed by atoms with Gasteiger partial charge in [-0.2, -0.15) is 0 Å². The molecule has 0 unspecified atom stereocenters. The number of hydrogen-bond acceptors (Lipinski definition) is 2. The van der Waals surface area contributed by atoms with E-state index < -0.39 is 0 Å². The van der Waals surface area contributed by atoms with Crippen LogP contribution in [0.1, 0.15) is 18.1 Å². The molecule has 0 N–H and O–H groups in total. The summed E-state index contributed by atoms with van der Waals surface area (Å²) < 4.78 is 2.45. The molecule has 0 fully saturated rings. The summed E-state index contributed by atoms with van der Waals surface area (Å²) in [5.74, 6) is 0. The first-order valence-corrected chi connectivity index (χ1v) is 17.3. The predicted octanol–water partition coefficient (Wildman–Crippen LogP) is 11.9. The molecule has 0 radical (unpaired) electrons. The Morgan fingerprint density at radius 1 is 0.560 bits per heavy atom. The Kier molecular flexibility index (Phi) is 7.21. The van der Waals surface area contributed by atoms with Gasteiger partial charge in [-0.25, -0.2) is 0 Å². The molecule has 0 bridgehead atoms. The van der Waals surface area contributed by atoms with Gasteiger partial charge in [0, 0.05) is 52.9 Å². The number of aromatic nitrogens is 2. The number of aryl methyl sites for hydroxylation is 1. The zero-order chi connectivity index (χ0) is 33.8. The van der Waals surface area contributed by atoms with Crippen LogP contribution >= 0.6 is 0 Å². The van der Waals surface area contributed by atoms with E-state index in [0.717, 1.165) is 23.5 Å². The molecular formula is C47H37N3. The molecule has 1 aliphatic heterocycles. The van der Waals surface area contributed by atoms with Crippen LogP contribution in [0.4, 0.5) is 0 Å². The largest absolute Gasteiger partial charge is 0.370 e. The highest BCUT2D eigenvalue weighted by molar-refractivity contribution is 6.19. The fraction of sp³-hybridized carbons (Fsp3) is 0.0851. The second-order valence-electron chi connectivity index (χ2n) is 13.5. The lowest BCUT2D eigenvalue weighted by molar-refractivity contribution is 0.529. The van der Waals surface area contributed by atoms with Crippen LogP contribution in [0.2, 0.25) is 0 Å². The van der Waals surface area contributed by atoms with Crippen LogP contribution in [0.15, 0.2) is 163 Å². The Morgan fingerprint density at radius 3 is 2.04 bits per heavy atom. The number of para-hydroxylation sites is 1. The first-order chi connectivity index (χ1) is 24.5. The maximum atomic E-state index is 4.65. The monoisotopic (exact) mass is 643 g/mol. The number of likely N-dealkylation sites (N-methyl/N-ethyl adjacent to an activating group) is 1. The summed E-state index contributed by atoms with van der Waals surface area (Å²) >= 11 is 0. The number of benzene rings is 6. The average Bonchev–Trinajstić information content (AvgIpc) is 3.50. The molecule has 0 saturated carbocycles. The van der Waals surface area contributed by atoms with Gasteiger partial charge >= 0.3 is 0 Å². The topological polar surface area (TPSA) is 21.1 Å². The van der Waals surface area contributed by atoms with E-state index in [0.29, 0.717) is 0 Å². The molecule has 8 aromatic rings. The van der Waals surface area contributed by atoms with Crippen molar-refractivity contribution in [3.05, 3.63) is 175 Å². The third kappa shape index (κ3) is 5.19. The van der Waals surface area contributed by atoms with E-state index in [2.05, 4.69) is 181 Å². The van der Waals surface area contributed by atoms with Crippen molar-refractivity contribution in [2.45, 2.75) is 13.8 Å². The van der Waals surface area contributed by atoms with E-state index >= 15 is 0 Å². The highest BCUT2D eigenvalue weighted by atomic mass is 15.1. The molecule has 0 atom stereocenters. The zero-order valence-corrected chi connectivity index (χ0v) is 28.6. The van der Waals surface area contributed by atoms with Crippen molar-refractivity contribution in [3.8, 4) is 39.2 Å². The zero-order valence-electron chi connectivity index (χ0n) is 28.6. The quantitative estimate of drug-likeness (QED) is 0.186. The molecule has 50 heavy (non-hydrogen) atoms. The molecule has 3 heterocycles. The first kappa shape index (κ1) is 29.9. The van der Waals surface area contributed by atoms with Crippen molar-refractivity contribution < 1.29 is 0 Å². The standard InChI is InChI=1S/C47H37N3/c1-31-21-23-48-44(25-31)38-11-7-9-33(28-38)36-16-19-42-43-20-17-37-27-35(34-10-8-12-39(29-34)45-26-32(2)22-24-49(45)3)15-18-41(37)47(43)50(46(42)30-36)40-13-5-4-6-14-40/h4-23,25-30H,24H2,1-3H3. The third-order valence-corrected chi connectivity index (χ3v) is 10.1. The third-order valence-electron chi connectivity index (χ3n) is 10.1. The Morgan fingerprint density at radius 2 is 1.24 bits per heavy atom. The van der Waals surface area contributed by atoms with E-state index in [1.54, 1.807) is 0 Å². The van der Waals surface area contributed by atoms with Gasteiger partial charge in [0.05, 0.1) is 16.7 Å². The van der Waals surface area contributed by atoms with Gasteiger partial charge in [0.15, 0.2) is 0 Å². The van der Waals surface area contributed by atoms with E-state index in [-0.39, 0.29) is 0 Å². The number of hydrogen-bond donors (Lipinski definition) is 0. The van der Waals surface area contributed by atoms with Crippen molar-refractivity contribution >= 4 is 38.3 Å². The molecule has 3 nitrogen and oxygen atoms in total. The van der Waals surface area contributed by atoms with Gasteiger partial charge < -0.3 is 9.47 Å². The summed E-state index contributed by atoms with van der Waals surface area (Å²) in [6, 6.07) is 51.1. The fourth-order valence-corrected chi connectivity index (χ4v) is 7.52. The summed E-state index contributed by atoms with van der Waals surface area (Å²) in [5.41, 5.74) is 15.5. The summed E-state index contributed by atoms with van der Waals surface area (Å²) in [4.78, 5) is 6.97. The lowest BCUT2D eigenvalue weighted by Gasteiger charge is -2.25. The Hall–Kier alpha value is -6.19. The SMILES string of the molecule is CC1=CCN(C)C(c2cccc(-c3ccc4c(ccc5c6ccc(-c7cccc(-c8cc(C)ccn8)c7)cc6n(-c6ccccc6)c45)c3)c2)=C1. The number of pyridine rings is 1. The summed E-state index contributed by atoms with van der Waals surface area (Å²) in [6.07, 6.45) is 6.44. The molecule has 240 valence electrons. The van der Waals surface area contributed by atoms with Crippen LogP contribution in [0.5, 0.6) is 0 Å². The number of fused-ring (bicyclic) bond motifs is 5. The van der Waals surface area contributed by atoms with Gasteiger partial charge in [0.2, 0.25) is 0 Å². The van der Waals surface area contributed by atoms with E-state index in [1.807, 2.05) is 12.3 Å². The lowest BCUT2D eigenvalue weighted by atomic mass is 9.96. The maximum absolute atomic E-state index is 4.65. The molecule has 0 amide bonds. The predicted molar refractivity (Wildman–Crippen MR) is 211 cm³/mol. The highest BCUT2D eigenvalue weighted by Crippen LogP contribution is 2.40. The van der Waals surface area contributed by atoms with Crippen LogP contribution in [-0.2, 0) is 0 Å². The molecule has 0 saturated heterocycles. The molecule has 1 aliphatic rings.